The van der Waals surface area contributed by atoms with Crippen molar-refractivity contribution in [2.45, 2.75) is 38.5 Å². The number of alkyl halides is 3. The molecule has 0 saturated carbocycles. The molecule has 1 N–H and O–H groups in total. The Kier molecular flexibility index (Phi) is 6.97. The van der Waals surface area contributed by atoms with Crippen LogP contribution in [0.1, 0.15) is 30.9 Å². The zero-order chi connectivity index (χ0) is 21.7. The van der Waals surface area contributed by atoms with Crippen molar-refractivity contribution in [3.8, 4) is 0 Å². The van der Waals surface area contributed by atoms with Gasteiger partial charge in [-0.1, -0.05) is 30.3 Å². The molecule has 0 bridgehead atoms. The number of amides is 2. The van der Waals surface area contributed by atoms with Crippen molar-refractivity contribution in [1.29, 1.82) is 0 Å². The molecule has 0 aliphatic carbocycles. The summed E-state index contributed by atoms with van der Waals surface area (Å²) in [5.41, 5.74) is -0.282. The standard InChI is InChI=1S/C22H25F4N3O/c1-2-29(18-9-6-12-28(15-18)14-16-7-4-3-5-8-16)21(30)27-17-10-11-20(23)19(13-17)22(24,25)26/h3-5,7-8,10-11,13,18H,2,6,9,12,14-15H2,1H3,(H,27,30). The molecule has 1 aliphatic rings. The molecule has 1 unspecified atom stereocenters. The van der Waals surface area contributed by atoms with Crippen molar-refractivity contribution in [1.82, 2.24) is 9.80 Å². The Labute approximate surface area is 173 Å². The minimum Gasteiger partial charge on any atom is -0.321 e. The van der Waals surface area contributed by atoms with E-state index in [9.17, 15) is 22.4 Å². The molecule has 2 amide bonds. The molecule has 2 aromatic carbocycles. The largest absolute Gasteiger partial charge is 0.419 e. The van der Waals surface area contributed by atoms with E-state index in [1.54, 1.807) is 4.90 Å². The van der Waals surface area contributed by atoms with Gasteiger partial charge in [0.25, 0.3) is 0 Å². The average molecular weight is 423 g/mol. The molecule has 0 radical (unpaired) electrons. The van der Waals surface area contributed by atoms with Crippen LogP contribution < -0.4 is 5.32 Å². The lowest BCUT2D eigenvalue weighted by atomic mass is 10.0. The Hall–Kier alpha value is -2.61. The van der Waals surface area contributed by atoms with Gasteiger partial charge in [-0.05, 0) is 50.1 Å². The summed E-state index contributed by atoms with van der Waals surface area (Å²) in [5.74, 6) is -1.36. The Bertz CT molecular complexity index is 857. The third kappa shape index (κ3) is 5.50. The van der Waals surface area contributed by atoms with Gasteiger partial charge in [-0.2, -0.15) is 13.2 Å². The van der Waals surface area contributed by atoms with Gasteiger partial charge in [0.15, 0.2) is 0 Å². The van der Waals surface area contributed by atoms with Crippen molar-refractivity contribution in [2.24, 2.45) is 0 Å². The SMILES string of the molecule is CCN(C(=O)Nc1ccc(F)c(C(F)(F)F)c1)C1CCCN(Cc2ccccc2)C1. The normalized spacial score (nSPS) is 17.6. The van der Waals surface area contributed by atoms with Crippen molar-refractivity contribution in [3.63, 3.8) is 0 Å². The quantitative estimate of drug-likeness (QED) is 0.657. The summed E-state index contributed by atoms with van der Waals surface area (Å²) in [5, 5.41) is 2.50. The maximum absolute atomic E-state index is 13.5. The number of rotatable bonds is 5. The molecule has 1 saturated heterocycles. The highest BCUT2D eigenvalue weighted by Crippen LogP contribution is 2.33. The summed E-state index contributed by atoms with van der Waals surface area (Å²) in [6, 6.07) is 12.0. The monoisotopic (exact) mass is 423 g/mol. The Morgan fingerprint density at radius 1 is 1.20 bits per heavy atom. The summed E-state index contributed by atoms with van der Waals surface area (Å²) in [6.45, 7) is 4.65. The second-order valence-corrected chi connectivity index (χ2v) is 7.43. The number of nitrogens with zero attached hydrogens (tertiary/aromatic N) is 2. The highest BCUT2D eigenvalue weighted by molar-refractivity contribution is 5.89. The summed E-state index contributed by atoms with van der Waals surface area (Å²) >= 11 is 0. The lowest BCUT2D eigenvalue weighted by Crippen LogP contribution is -2.51. The first kappa shape index (κ1) is 22.1. The fourth-order valence-corrected chi connectivity index (χ4v) is 3.85. The fraction of sp³-hybridized carbons (Fsp3) is 0.409. The number of anilines is 1. The minimum atomic E-state index is -4.82. The van der Waals surface area contributed by atoms with Gasteiger partial charge in [0.2, 0.25) is 0 Å². The van der Waals surface area contributed by atoms with Gasteiger partial charge >= 0.3 is 12.2 Å². The van der Waals surface area contributed by atoms with E-state index in [-0.39, 0.29) is 11.7 Å². The topological polar surface area (TPSA) is 35.6 Å². The lowest BCUT2D eigenvalue weighted by molar-refractivity contribution is -0.139. The predicted octanol–water partition coefficient (Wildman–Crippen LogP) is 5.36. The van der Waals surface area contributed by atoms with E-state index in [1.807, 2.05) is 25.1 Å². The number of carbonyl (C=O) groups excluding carboxylic acids is 1. The van der Waals surface area contributed by atoms with E-state index in [1.165, 1.54) is 5.56 Å². The van der Waals surface area contributed by atoms with Gasteiger partial charge in [0.1, 0.15) is 5.82 Å². The molecule has 1 fully saturated rings. The van der Waals surface area contributed by atoms with Crippen LogP contribution in [-0.4, -0.2) is 41.5 Å². The van der Waals surface area contributed by atoms with Gasteiger partial charge in [-0.3, -0.25) is 4.90 Å². The molecule has 30 heavy (non-hydrogen) atoms. The second kappa shape index (κ2) is 9.47. The molecule has 1 heterocycles. The number of hydrogen-bond donors (Lipinski definition) is 1. The van der Waals surface area contributed by atoms with Crippen LogP contribution in [0.5, 0.6) is 0 Å². The minimum absolute atomic E-state index is 0.0463. The molecule has 1 aliphatic heterocycles. The number of carbonyl (C=O) groups is 1. The molecule has 162 valence electrons. The van der Waals surface area contributed by atoms with Crippen LogP contribution in [-0.2, 0) is 12.7 Å². The maximum atomic E-state index is 13.5. The van der Waals surface area contributed by atoms with Crippen LogP contribution in [0.15, 0.2) is 48.5 Å². The predicted molar refractivity (Wildman–Crippen MR) is 108 cm³/mol. The van der Waals surface area contributed by atoms with E-state index in [4.69, 9.17) is 0 Å². The molecule has 4 nitrogen and oxygen atoms in total. The number of halogens is 4. The van der Waals surface area contributed by atoms with Crippen molar-refractivity contribution in [2.75, 3.05) is 25.0 Å². The van der Waals surface area contributed by atoms with Crippen LogP contribution in [0.25, 0.3) is 0 Å². The van der Waals surface area contributed by atoms with Crippen LogP contribution in [0.4, 0.5) is 28.0 Å². The first-order valence-electron chi connectivity index (χ1n) is 9.98. The van der Waals surface area contributed by atoms with Crippen molar-refractivity contribution < 1.29 is 22.4 Å². The van der Waals surface area contributed by atoms with Crippen molar-refractivity contribution >= 4 is 11.7 Å². The van der Waals surface area contributed by atoms with E-state index in [0.29, 0.717) is 19.2 Å². The van der Waals surface area contributed by atoms with Gasteiger partial charge in [-0.25, -0.2) is 9.18 Å². The Morgan fingerprint density at radius 3 is 2.60 bits per heavy atom. The molecule has 2 aromatic rings. The maximum Gasteiger partial charge on any atom is 0.419 e. The Balaban J connectivity index is 1.67. The van der Waals surface area contributed by atoms with Crippen LogP contribution in [0, 0.1) is 5.82 Å². The van der Waals surface area contributed by atoms with Gasteiger partial charge in [0, 0.05) is 31.4 Å². The van der Waals surface area contributed by atoms with E-state index < -0.39 is 23.6 Å². The van der Waals surface area contributed by atoms with Crippen LogP contribution >= 0.6 is 0 Å². The van der Waals surface area contributed by atoms with Gasteiger partial charge in [-0.15, -0.1) is 0 Å². The lowest BCUT2D eigenvalue weighted by Gasteiger charge is -2.39. The van der Waals surface area contributed by atoms with E-state index >= 15 is 0 Å². The number of nitrogens with one attached hydrogen (secondary N) is 1. The van der Waals surface area contributed by atoms with E-state index in [2.05, 4.69) is 22.3 Å². The summed E-state index contributed by atoms with van der Waals surface area (Å²) < 4.78 is 52.3. The zero-order valence-corrected chi connectivity index (χ0v) is 16.8. The third-order valence-corrected chi connectivity index (χ3v) is 5.29. The summed E-state index contributed by atoms with van der Waals surface area (Å²) in [7, 11) is 0. The average Bonchev–Trinajstić information content (AvgIpc) is 2.70. The van der Waals surface area contributed by atoms with Gasteiger partial charge < -0.3 is 10.2 Å². The number of urea groups is 1. The molecule has 1 atom stereocenters. The molecule has 3 rings (SSSR count). The molecular weight excluding hydrogens is 398 g/mol. The van der Waals surface area contributed by atoms with Crippen molar-refractivity contribution in [3.05, 3.63) is 65.5 Å². The first-order chi connectivity index (χ1) is 14.3. The molecule has 0 spiro atoms. The number of likely N-dealkylation sites (tertiary alicyclic amines) is 1. The fourth-order valence-electron chi connectivity index (χ4n) is 3.85. The highest BCUT2D eigenvalue weighted by atomic mass is 19.4. The van der Waals surface area contributed by atoms with Crippen LogP contribution in [0.2, 0.25) is 0 Å². The molecule has 0 aromatic heterocycles. The van der Waals surface area contributed by atoms with Crippen LogP contribution in [0.3, 0.4) is 0 Å². The zero-order valence-electron chi connectivity index (χ0n) is 16.8. The third-order valence-electron chi connectivity index (χ3n) is 5.29. The Morgan fingerprint density at radius 2 is 1.93 bits per heavy atom. The summed E-state index contributed by atoms with van der Waals surface area (Å²) in [4.78, 5) is 16.7. The first-order valence-corrected chi connectivity index (χ1v) is 9.98. The molecule has 8 heteroatoms. The number of hydrogen-bond acceptors (Lipinski definition) is 2. The summed E-state index contributed by atoms with van der Waals surface area (Å²) in [6.07, 6.45) is -3.07. The number of piperidine rings is 1. The number of benzene rings is 2. The second-order valence-electron chi connectivity index (χ2n) is 7.43. The van der Waals surface area contributed by atoms with Gasteiger partial charge in [0.05, 0.1) is 5.56 Å². The highest BCUT2D eigenvalue weighted by Gasteiger charge is 2.34. The smallest absolute Gasteiger partial charge is 0.321 e. The molecular formula is C22H25F4N3O. The number of likely N-dealkylation sites (N-methyl/N-ethyl adjacent to an activating group) is 1. The van der Waals surface area contributed by atoms with E-state index in [0.717, 1.165) is 38.1 Å².